The monoisotopic (exact) mass is 236 g/mol. The number of hydrogen-bond donors (Lipinski definition) is 1. The van der Waals surface area contributed by atoms with E-state index in [9.17, 15) is 0 Å². The van der Waals surface area contributed by atoms with Crippen LogP contribution in [0.4, 0.5) is 0 Å². The van der Waals surface area contributed by atoms with Gasteiger partial charge in [-0.15, -0.1) is 12.4 Å². The quantitative estimate of drug-likeness (QED) is 0.848. The summed E-state index contributed by atoms with van der Waals surface area (Å²) >= 11 is 0. The average Bonchev–Trinajstić information content (AvgIpc) is 2.74. The van der Waals surface area contributed by atoms with Crippen LogP contribution in [-0.4, -0.2) is 9.97 Å². The van der Waals surface area contributed by atoms with Gasteiger partial charge in [0.15, 0.2) is 0 Å². The van der Waals surface area contributed by atoms with Crippen LogP contribution in [0.15, 0.2) is 30.6 Å². The summed E-state index contributed by atoms with van der Waals surface area (Å²) in [7, 11) is 0. The van der Waals surface area contributed by atoms with Gasteiger partial charge in [-0.2, -0.15) is 0 Å². The van der Waals surface area contributed by atoms with Gasteiger partial charge in [-0.1, -0.05) is 25.1 Å². The highest BCUT2D eigenvalue weighted by Crippen LogP contribution is 2.25. The van der Waals surface area contributed by atoms with Crippen molar-refractivity contribution in [2.45, 2.75) is 26.7 Å². The molecule has 0 saturated heterocycles. The normalized spacial score (nSPS) is 11.9. The Balaban J connectivity index is 0.00000128. The molecular formula is C13H17ClN2. The molecule has 0 aliphatic rings. The van der Waals surface area contributed by atoms with Crippen molar-refractivity contribution in [3.05, 3.63) is 53.1 Å². The number of halogens is 1. The Labute approximate surface area is 103 Å². The van der Waals surface area contributed by atoms with Gasteiger partial charge >= 0.3 is 0 Å². The zero-order chi connectivity index (χ0) is 10.8. The second-order valence-corrected chi connectivity index (χ2v) is 3.99. The van der Waals surface area contributed by atoms with Crippen molar-refractivity contribution in [2.24, 2.45) is 0 Å². The maximum atomic E-state index is 4.31. The molecule has 16 heavy (non-hydrogen) atoms. The molecule has 86 valence electrons. The van der Waals surface area contributed by atoms with Gasteiger partial charge in [0, 0.05) is 18.3 Å². The molecule has 0 radical (unpaired) electrons. The highest BCUT2D eigenvalue weighted by molar-refractivity contribution is 5.85. The molecule has 1 atom stereocenters. The first-order valence-electron chi connectivity index (χ1n) is 5.25. The van der Waals surface area contributed by atoms with Gasteiger partial charge in [0.25, 0.3) is 0 Å². The zero-order valence-electron chi connectivity index (χ0n) is 9.82. The minimum absolute atomic E-state index is 0. The standard InChI is InChI=1S/C13H16N2.ClH/c1-9-5-4-6-12(10(9)2)11(3)13-14-7-8-15-13;/h4-8,11H,1-3H3,(H,14,15);1H. The molecule has 2 aromatic rings. The van der Waals surface area contributed by atoms with Crippen LogP contribution < -0.4 is 0 Å². The van der Waals surface area contributed by atoms with Crippen molar-refractivity contribution in [1.82, 2.24) is 9.97 Å². The molecule has 1 aromatic heterocycles. The largest absolute Gasteiger partial charge is 0.348 e. The second-order valence-electron chi connectivity index (χ2n) is 3.99. The second kappa shape index (κ2) is 5.17. The van der Waals surface area contributed by atoms with E-state index in [0.717, 1.165) is 5.82 Å². The lowest BCUT2D eigenvalue weighted by Gasteiger charge is -2.14. The van der Waals surface area contributed by atoms with E-state index in [0.29, 0.717) is 5.92 Å². The van der Waals surface area contributed by atoms with Crippen molar-refractivity contribution in [2.75, 3.05) is 0 Å². The molecule has 1 aromatic carbocycles. The molecule has 0 bridgehead atoms. The molecule has 1 N–H and O–H groups in total. The molecule has 1 heterocycles. The summed E-state index contributed by atoms with van der Waals surface area (Å²) in [6.07, 6.45) is 3.67. The number of imidazole rings is 1. The number of nitrogens with one attached hydrogen (secondary N) is 1. The third kappa shape index (κ3) is 2.27. The van der Waals surface area contributed by atoms with Gasteiger partial charge in [0.1, 0.15) is 5.82 Å². The third-order valence-corrected chi connectivity index (χ3v) is 3.04. The van der Waals surface area contributed by atoms with Gasteiger partial charge in [-0.05, 0) is 30.5 Å². The molecule has 0 saturated carbocycles. The average molecular weight is 237 g/mol. The summed E-state index contributed by atoms with van der Waals surface area (Å²) in [6.45, 7) is 6.50. The van der Waals surface area contributed by atoms with Gasteiger partial charge < -0.3 is 4.98 Å². The van der Waals surface area contributed by atoms with E-state index in [-0.39, 0.29) is 12.4 Å². The van der Waals surface area contributed by atoms with Crippen LogP contribution >= 0.6 is 12.4 Å². The number of benzene rings is 1. The van der Waals surface area contributed by atoms with Crippen molar-refractivity contribution < 1.29 is 0 Å². The first kappa shape index (κ1) is 12.8. The van der Waals surface area contributed by atoms with E-state index in [2.05, 4.69) is 48.9 Å². The summed E-state index contributed by atoms with van der Waals surface area (Å²) in [6, 6.07) is 6.43. The Bertz CT molecular complexity index is 449. The first-order valence-corrected chi connectivity index (χ1v) is 5.25. The predicted molar refractivity (Wildman–Crippen MR) is 69.3 cm³/mol. The van der Waals surface area contributed by atoms with Crippen LogP contribution in [0.2, 0.25) is 0 Å². The lowest BCUT2D eigenvalue weighted by Crippen LogP contribution is -2.01. The molecule has 0 aliphatic heterocycles. The Kier molecular flexibility index (Phi) is 4.13. The zero-order valence-corrected chi connectivity index (χ0v) is 10.6. The first-order chi connectivity index (χ1) is 7.20. The number of aromatic amines is 1. The van der Waals surface area contributed by atoms with E-state index >= 15 is 0 Å². The molecule has 2 rings (SSSR count). The lowest BCUT2D eigenvalue weighted by molar-refractivity contribution is 0.830. The summed E-state index contributed by atoms with van der Waals surface area (Å²) in [5.74, 6) is 1.36. The van der Waals surface area contributed by atoms with Crippen molar-refractivity contribution in [3.63, 3.8) is 0 Å². The summed E-state index contributed by atoms with van der Waals surface area (Å²) in [5.41, 5.74) is 4.05. The topological polar surface area (TPSA) is 28.7 Å². The van der Waals surface area contributed by atoms with Crippen molar-refractivity contribution in [1.29, 1.82) is 0 Å². The van der Waals surface area contributed by atoms with Gasteiger partial charge in [-0.25, -0.2) is 4.98 Å². The third-order valence-electron chi connectivity index (χ3n) is 3.04. The molecule has 2 nitrogen and oxygen atoms in total. The number of nitrogens with zero attached hydrogens (tertiary/aromatic N) is 1. The molecular weight excluding hydrogens is 220 g/mol. The molecule has 0 spiro atoms. The minimum atomic E-state index is 0. The van der Waals surface area contributed by atoms with E-state index in [1.807, 2.05) is 6.20 Å². The van der Waals surface area contributed by atoms with Gasteiger partial charge in [0.2, 0.25) is 0 Å². The Morgan fingerprint density at radius 3 is 2.62 bits per heavy atom. The molecule has 3 heteroatoms. The summed E-state index contributed by atoms with van der Waals surface area (Å²) in [4.78, 5) is 7.48. The number of hydrogen-bond acceptors (Lipinski definition) is 1. The van der Waals surface area contributed by atoms with Crippen LogP contribution in [-0.2, 0) is 0 Å². The molecule has 0 amide bonds. The number of aromatic nitrogens is 2. The van der Waals surface area contributed by atoms with Crippen molar-refractivity contribution >= 4 is 12.4 Å². The fraction of sp³-hybridized carbons (Fsp3) is 0.308. The van der Waals surface area contributed by atoms with Crippen LogP contribution in [0.5, 0.6) is 0 Å². The SMILES string of the molecule is Cc1cccc(C(C)c2ncc[nH]2)c1C.Cl. The van der Waals surface area contributed by atoms with E-state index in [1.54, 1.807) is 6.20 Å². The fourth-order valence-electron chi connectivity index (χ4n) is 1.90. The highest BCUT2D eigenvalue weighted by atomic mass is 35.5. The Morgan fingerprint density at radius 2 is 2.00 bits per heavy atom. The van der Waals surface area contributed by atoms with Crippen LogP contribution in [0.25, 0.3) is 0 Å². The number of aryl methyl sites for hydroxylation is 1. The minimum Gasteiger partial charge on any atom is -0.348 e. The molecule has 0 aliphatic carbocycles. The maximum absolute atomic E-state index is 4.31. The summed E-state index contributed by atoms with van der Waals surface area (Å²) < 4.78 is 0. The van der Waals surface area contributed by atoms with Gasteiger partial charge in [0.05, 0.1) is 0 Å². The fourth-order valence-corrected chi connectivity index (χ4v) is 1.90. The van der Waals surface area contributed by atoms with E-state index in [4.69, 9.17) is 0 Å². The maximum Gasteiger partial charge on any atom is 0.113 e. The van der Waals surface area contributed by atoms with Crippen molar-refractivity contribution in [3.8, 4) is 0 Å². The smallest absolute Gasteiger partial charge is 0.113 e. The lowest BCUT2D eigenvalue weighted by atomic mass is 9.93. The highest BCUT2D eigenvalue weighted by Gasteiger charge is 2.13. The van der Waals surface area contributed by atoms with E-state index < -0.39 is 0 Å². The van der Waals surface area contributed by atoms with Crippen LogP contribution in [0.1, 0.15) is 35.4 Å². The Hall–Kier alpha value is -1.28. The van der Waals surface area contributed by atoms with Crippen LogP contribution in [0, 0.1) is 13.8 Å². The van der Waals surface area contributed by atoms with E-state index in [1.165, 1.54) is 16.7 Å². The Morgan fingerprint density at radius 1 is 1.25 bits per heavy atom. The van der Waals surface area contributed by atoms with Crippen LogP contribution in [0.3, 0.4) is 0 Å². The predicted octanol–water partition coefficient (Wildman–Crippen LogP) is 3.60. The number of rotatable bonds is 2. The number of H-pyrrole nitrogens is 1. The van der Waals surface area contributed by atoms with Gasteiger partial charge in [-0.3, -0.25) is 0 Å². The summed E-state index contributed by atoms with van der Waals surface area (Å²) in [5, 5.41) is 0. The molecule has 0 fully saturated rings. The molecule has 1 unspecified atom stereocenters.